The average Bonchev–Trinajstić information content (AvgIpc) is 2.90. The molecule has 0 bridgehead atoms. The summed E-state index contributed by atoms with van der Waals surface area (Å²) in [6, 6.07) is 7.05. The molecular formula is C15H17BrClN3O2. The lowest BCUT2D eigenvalue weighted by molar-refractivity contribution is -0.122. The van der Waals surface area contributed by atoms with Gasteiger partial charge in [-0.1, -0.05) is 11.6 Å². The lowest BCUT2D eigenvalue weighted by Crippen LogP contribution is -2.31. The van der Waals surface area contributed by atoms with Gasteiger partial charge in [0.1, 0.15) is 11.6 Å². The number of hydrogen-bond acceptors (Lipinski definition) is 3. The van der Waals surface area contributed by atoms with Crippen molar-refractivity contribution >= 4 is 39.3 Å². The summed E-state index contributed by atoms with van der Waals surface area (Å²) in [5.74, 6) is 0.958. The number of anilines is 1. The molecule has 1 N–H and O–H groups in total. The second-order valence-electron chi connectivity index (χ2n) is 5.08. The Morgan fingerprint density at radius 1 is 1.36 bits per heavy atom. The van der Waals surface area contributed by atoms with Crippen molar-refractivity contribution in [3.8, 4) is 5.75 Å². The molecule has 2 rings (SSSR count). The van der Waals surface area contributed by atoms with E-state index in [1.54, 1.807) is 42.1 Å². The van der Waals surface area contributed by atoms with Crippen LogP contribution in [0.4, 0.5) is 5.82 Å². The van der Waals surface area contributed by atoms with Gasteiger partial charge >= 0.3 is 0 Å². The smallest absolute Gasteiger partial charge is 0.266 e. The van der Waals surface area contributed by atoms with Crippen LogP contribution in [0.1, 0.15) is 26.8 Å². The lowest BCUT2D eigenvalue weighted by Gasteiger charge is -2.17. The van der Waals surface area contributed by atoms with E-state index in [1.807, 2.05) is 13.8 Å². The molecule has 1 amide bonds. The van der Waals surface area contributed by atoms with Crippen molar-refractivity contribution in [3.05, 3.63) is 40.0 Å². The Balaban J connectivity index is 2.04. The van der Waals surface area contributed by atoms with E-state index in [9.17, 15) is 4.79 Å². The fraction of sp³-hybridized carbons (Fsp3) is 0.333. The second kappa shape index (κ2) is 7.15. The standard InChI is InChI=1S/C15H17BrClN3O2/c1-9(2)20-14(6-7-18-20)19-15(21)10(3)22-13-5-4-11(17)8-12(13)16/h4-10H,1-3H3,(H,19,21)/t10-/m1/s1. The molecular weight excluding hydrogens is 370 g/mol. The Hall–Kier alpha value is -1.53. The van der Waals surface area contributed by atoms with Crippen LogP contribution in [0.25, 0.3) is 0 Å². The molecule has 7 heteroatoms. The van der Waals surface area contributed by atoms with Crippen LogP contribution in [0.15, 0.2) is 34.9 Å². The first-order chi connectivity index (χ1) is 10.4. The number of benzene rings is 1. The van der Waals surface area contributed by atoms with Crippen LogP contribution in [0.2, 0.25) is 5.02 Å². The zero-order chi connectivity index (χ0) is 16.3. The topological polar surface area (TPSA) is 56.2 Å². The van der Waals surface area contributed by atoms with E-state index in [0.717, 1.165) is 0 Å². The van der Waals surface area contributed by atoms with Gasteiger partial charge < -0.3 is 10.1 Å². The number of halogens is 2. The van der Waals surface area contributed by atoms with E-state index in [2.05, 4.69) is 26.3 Å². The maximum absolute atomic E-state index is 12.2. The molecule has 0 fully saturated rings. The van der Waals surface area contributed by atoms with E-state index in [-0.39, 0.29) is 11.9 Å². The number of hydrogen-bond donors (Lipinski definition) is 1. The van der Waals surface area contributed by atoms with Crippen molar-refractivity contribution in [2.45, 2.75) is 32.9 Å². The van der Waals surface area contributed by atoms with Crippen LogP contribution < -0.4 is 10.1 Å². The van der Waals surface area contributed by atoms with Gasteiger partial charge in [0.25, 0.3) is 5.91 Å². The summed E-state index contributed by atoms with van der Waals surface area (Å²) in [7, 11) is 0. The predicted octanol–water partition coefficient (Wildman–Crippen LogP) is 4.29. The minimum atomic E-state index is -0.659. The molecule has 1 aromatic heterocycles. The molecule has 22 heavy (non-hydrogen) atoms. The number of nitrogens with zero attached hydrogens (tertiary/aromatic N) is 2. The van der Waals surface area contributed by atoms with Crippen molar-refractivity contribution in [2.24, 2.45) is 0 Å². The first kappa shape index (κ1) is 16.8. The van der Waals surface area contributed by atoms with Gasteiger partial charge in [0, 0.05) is 17.1 Å². The van der Waals surface area contributed by atoms with Crippen molar-refractivity contribution in [1.82, 2.24) is 9.78 Å². The summed E-state index contributed by atoms with van der Waals surface area (Å²) in [5.41, 5.74) is 0. The van der Waals surface area contributed by atoms with Crippen LogP contribution in [-0.4, -0.2) is 21.8 Å². The zero-order valence-corrected chi connectivity index (χ0v) is 14.9. The van der Waals surface area contributed by atoms with Crippen molar-refractivity contribution in [1.29, 1.82) is 0 Å². The van der Waals surface area contributed by atoms with Crippen LogP contribution in [0, 0.1) is 0 Å². The summed E-state index contributed by atoms with van der Waals surface area (Å²) in [6.07, 6.45) is 0.990. The summed E-state index contributed by atoms with van der Waals surface area (Å²) in [4.78, 5) is 12.2. The summed E-state index contributed by atoms with van der Waals surface area (Å²) < 4.78 is 8.10. The normalized spacial score (nSPS) is 12.3. The van der Waals surface area contributed by atoms with Crippen molar-refractivity contribution in [3.63, 3.8) is 0 Å². The molecule has 0 saturated carbocycles. The molecule has 0 spiro atoms. The third kappa shape index (κ3) is 4.01. The van der Waals surface area contributed by atoms with E-state index in [1.165, 1.54) is 0 Å². The molecule has 0 aliphatic rings. The molecule has 0 radical (unpaired) electrons. The molecule has 0 unspecified atom stereocenters. The molecule has 0 saturated heterocycles. The van der Waals surface area contributed by atoms with Gasteiger partial charge in [-0.25, -0.2) is 4.68 Å². The Kier molecular flexibility index (Phi) is 5.47. The third-order valence-corrected chi connectivity index (χ3v) is 3.83. The predicted molar refractivity (Wildman–Crippen MR) is 90.5 cm³/mol. The number of ether oxygens (including phenoxy) is 1. The highest BCUT2D eigenvalue weighted by atomic mass is 79.9. The average molecular weight is 387 g/mol. The van der Waals surface area contributed by atoms with Gasteiger partial charge in [-0.15, -0.1) is 0 Å². The van der Waals surface area contributed by atoms with Gasteiger partial charge in [-0.05, 0) is 54.9 Å². The summed E-state index contributed by atoms with van der Waals surface area (Å²) in [5, 5.41) is 7.59. The molecule has 2 aromatic rings. The number of rotatable bonds is 5. The number of nitrogens with one attached hydrogen (secondary N) is 1. The highest BCUT2D eigenvalue weighted by molar-refractivity contribution is 9.10. The maximum Gasteiger partial charge on any atom is 0.266 e. The number of aromatic nitrogens is 2. The lowest BCUT2D eigenvalue weighted by atomic mass is 10.3. The monoisotopic (exact) mass is 385 g/mol. The first-order valence-corrected chi connectivity index (χ1v) is 8.01. The number of carbonyl (C=O) groups is 1. The summed E-state index contributed by atoms with van der Waals surface area (Å²) >= 11 is 9.24. The highest BCUT2D eigenvalue weighted by Gasteiger charge is 2.18. The van der Waals surface area contributed by atoms with Crippen molar-refractivity contribution < 1.29 is 9.53 Å². The van der Waals surface area contributed by atoms with Gasteiger partial charge in [0.05, 0.1) is 10.7 Å². The van der Waals surface area contributed by atoms with Crippen LogP contribution in [0.5, 0.6) is 5.75 Å². The molecule has 0 aliphatic carbocycles. The largest absolute Gasteiger partial charge is 0.480 e. The number of amides is 1. The molecule has 1 heterocycles. The van der Waals surface area contributed by atoms with Crippen LogP contribution >= 0.6 is 27.5 Å². The Morgan fingerprint density at radius 2 is 2.09 bits per heavy atom. The third-order valence-electron chi connectivity index (χ3n) is 2.98. The first-order valence-electron chi connectivity index (χ1n) is 6.84. The van der Waals surface area contributed by atoms with E-state index < -0.39 is 6.10 Å². The fourth-order valence-electron chi connectivity index (χ4n) is 1.87. The van der Waals surface area contributed by atoms with Crippen LogP contribution in [-0.2, 0) is 4.79 Å². The molecule has 0 aliphatic heterocycles. The summed E-state index contributed by atoms with van der Waals surface area (Å²) in [6.45, 7) is 5.67. The van der Waals surface area contributed by atoms with Gasteiger partial charge in [0.2, 0.25) is 0 Å². The zero-order valence-electron chi connectivity index (χ0n) is 12.5. The molecule has 1 aromatic carbocycles. The van der Waals surface area contributed by atoms with E-state index >= 15 is 0 Å². The van der Waals surface area contributed by atoms with Crippen LogP contribution in [0.3, 0.4) is 0 Å². The van der Waals surface area contributed by atoms with E-state index in [4.69, 9.17) is 16.3 Å². The number of carbonyl (C=O) groups excluding carboxylic acids is 1. The van der Waals surface area contributed by atoms with Gasteiger partial charge in [-0.2, -0.15) is 5.10 Å². The molecule has 118 valence electrons. The van der Waals surface area contributed by atoms with Gasteiger partial charge in [-0.3, -0.25) is 4.79 Å². The minimum absolute atomic E-state index is 0.159. The quantitative estimate of drug-likeness (QED) is 0.834. The second-order valence-corrected chi connectivity index (χ2v) is 6.37. The molecule has 5 nitrogen and oxygen atoms in total. The van der Waals surface area contributed by atoms with E-state index in [0.29, 0.717) is 21.1 Å². The maximum atomic E-state index is 12.2. The molecule has 1 atom stereocenters. The van der Waals surface area contributed by atoms with Gasteiger partial charge in [0.15, 0.2) is 6.10 Å². The minimum Gasteiger partial charge on any atom is -0.480 e. The fourth-order valence-corrected chi connectivity index (χ4v) is 2.64. The Labute approximate surface area is 142 Å². The highest BCUT2D eigenvalue weighted by Crippen LogP contribution is 2.28. The van der Waals surface area contributed by atoms with Crippen molar-refractivity contribution in [2.75, 3.05) is 5.32 Å². The Bertz CT molecular complexity index is 673. The SMILES string of the molecule is CC(C)n1nccc1NC(=O)[C@@H](C)Oc1ccc(Cl)cc1Br. The Morgan fingerprint density at radius 3 is 2.73 bits per heavy atom.